The third-order valence-corrected chi connectivity index (χ3v) is 3.54. The number of carbonyl (C=O) groups is 1. The maximum Gasteiger partial charge on any atom is 0.223 e. The first-order chi connectivity index (χ1) is 9.22. The summed E-state index contributed by atoms with van der Waals surface area (Å²) in [6, 6.07) is 10.5. The van der Waals surface area contributed by atoms with Crippen LogP contribution in [0.3, 0.4) is 0 Å². The van der Waals surface area contributed by atoms with Crippen LogP contribution in [0.2, 0.25) is 0 Å². The van der Waals surface area contributed by atoms with Crippen molar-refractivity contribution in [3.05, 3.63) is 35.9 Å². The van der Waals surface area contributed by atoms with Crippen molar-refractivity contribution in [1.29, 1.82) is 0 Å². The lowest BCUT2D eigenvalue weighted by molar-refractivity contribution is -0.133. The summed E-state index contributed by atoms with van der Waals surface area (Å²) in [6.45, 7) is 5.46. The molecule has 0 aliphatic carbocycles. The Kier molecular flexibility index (Phi) is 7.19. The van der Waals surface area contributed by atoms with E-state index in [0.29, 0.717) is 25.6 Å². The Morgan fingerprint density at radius 1 is 1.21 bits per heavy atom. The fourth-order valence-corrected chi connectivity index (χ4v) is 2.42. The summed E-state index contributed by atoms with van der Waals surface area (Å²) in [5.41, 5.74) is 6.84. The number of nitrogens with zero attached hydrogens (tertiary/aromatic N) is 1. The summed E-state index contributed by atoms with van der Waals surface area (Å²) in [4.78, 5) is 14.3. The molecule has 0 aliphatic heterocycles. The lowest BCUT2D eigenvalue weighted by Crippen LogP contribution is -2.42. The molecule has 2 N–H and O–H groups in total. The molecule has 1 aromatic rings. The fourth-order valence-electron chi connectivity index (χ4n) is 2.42. The van der Waals surface area contributed by atoms with Gasteiger partial charge < -0.3 is 10.6 Å². The van der Waals surface area contributed by atoms with Crippen LogP contribution in [0, 0.1) is 0 Å². The molecule has 106 valence electrons. The number of amides is 1. The van der Waals surface area contributed by atoms with E-state index < -0.39 is 0 Å². The largest absolute Gasteiger partial charge is 0.338 e. The van der Waals surface area contributed by atoms with Crippen LogP contribution in [0.5, 0.6) is 0 Å². The van der Waals surface area contributed by atoms with Gasteiger partial charge in [0.2, 0.25) is 5.91 Å². The molecule has 0 aliphatic rings. The van der Waals surface area contributed by atoms with Crippen molar-refractivity contribution < 1.29 is 4.79 Å². The van der Waals surface area contributed by atoms with Crippen LogP contribution in [-0.2, 0) is 11.2 Å². The Bertz CT molecular complexity index is 360. The van der Waals surface area contributed by atoms with Gasteiger partial charge in [-0.3, -0.25) is 4.79 Å². The van der Waals surface area contributed by atoms with Gasteiger partial charge in [0, 0.05) is 25.6 Å². The van der Waals surface area contributed by atoms with Gasteiger partial charge >= 0.3 is 0 Å². The highest BCUT2D eigenvalue weighted by atomic mass is 16.2. The first kappa shape index (κ1) is 15.7. The van der Waals surface area contributed by atoms with Crippen molar-refractivity contribution >= 4 is 5.91 Å². The number of carbonyl (C=O) groups excluding carboxylic acids is 1. The molecule has 0 bridgehead atoms. The van der Waals surface area contributed by atoms with E-state index in [4.69, 9.17) is 5.73 Å². The second kappa shape index (κ2) is 8.70. The van der Waals surface area contributed by atoms with Gasteiger partial charge in [-0.15, -0.1) is 0 Å². The van der Waals surface area contributed by atoms with Crippen LogP contribution < -0.4 is 5.73 Å². The van der Waals surface area contributed by atoms with Gasteiger partial charge in [-0.1, -0.05) is 44.2 Å². The molecule has 0 fully saturated rings. The van der Waals surface area contributed by atoms with Crippen molar-refractivity contribution in [3.8, 4) is 0 Å². The van der Waals surface area contributed by atoms with Crippen molar-refractivity contribution in [2.75, 3.05) is 13.1 Å². The van der Waals surface area contributed by atoms with E-state index in [2.05, 4.69) is 26.0 Å². The van der Waals surface area contributed by atoms with Crippen LogP contribution in [0.1, 0.15) is 38.7 Å². The van der Waals surface area contributed by atoms with Crippen LogP contribution in [-0.4, -0.2) is 29.9 Å². The molecule has 0 unspecified atom stereocenters. The highest BCUT2D eigenvalue weighted by molar-refractivity contribution is 5.76. The first-order valence-corrected chi connectivity index (χ1v) is 7.26. The quantitative estimate of drug-likeness (QED) is 0.782. The zero-order valence-corrected chi connectivity index (χ0v) is 12.1. The minimum atomic E-state index is 0.225. The van der Waals surface area contributed by atoms with Gasteiger partial charge in [0.25, 0.3) is 0 Å². The predicted molar refractivity (Wildman–Crippen MR) is 79.9 cm³/mol. The van der Waals surface area contributed by atoms with Gasteiger partial charge in [-0.25, -0.2) is 0 Å². The number of aryl methyl sites for hydroxylation is 1. The fraction of sp³-hybridized carbons (Fsp3) is 0.562. The smallest absolute Gasteiger partial charge is 0.223 e. The van der Waals surface area contributed by atoms with Crippen molar-refractivity contribution in [3.63, 3.8) is 0 Å². The van der Waals surface area contributed by atoms with Gasteiger partial charge in [-0.05, 0) is 24.8 Å². The zero-order valence-electron chi connectivity index (χ0n) is 12.1. The molecular weight excluding hydrogens is 236 g/mol. The standard InChI is InChI=1S/C16H26N2O/c1-3-15(4-2)18(13-12-17)16(19)11-10-14-8-6-5-7-9-14/h5-9,15H,3-4,10-13,17H2,1-2H3. The molecule has 3 nitrogen and oxygen atoms in total. The molecule has 0 saturated carbocycles. The minimum Gasteiger partial charge on any atom is -0.338 e. The molecule has 0 heterocycles. The summed E-state index contributed by atoms with van der Waals surface area (Å²) >= 11 is 0. The van der Waals surface area contributed by atoms with Crippen LogP contribution in [0.25, 0.3) is 0 Å². The molecule has 0 aromatic heterocycles. The van der Waals surface area contributed by atoms with Gasteiger partial charge in [0.1, 0.15) is 0 Å². The number of hydrogen-bond donors (Lipinski definition) is 1. The normalized spacial score (nSPS) is 10.7. The van der Waals surface area contributed by atoms with Crippen molar-refractivity contribution in [2.24, 2.45) is 5.73 Å². The summed E-state index contributed by atoms with van der Waals surface area (Å²) in [7, 11) is 0. The minimum absolute atomic E-state index is 0.225. The van der Waals surface area contributed by atoms with E-state index in [1.807, 2.05) is 23.1 Å². The summed E-state index contributed by atoms with van der Waals surface area (Å²) in [5.74, 6) is 0.225. The molecule has 0 atom stereocenters. The number of hydrogen-bond acceptors (Lipinski definition) is 2. The Hall–Kier alpha value is -1.35. The summed E-state index contributed by atoms with van der Waals surface area (Å²) in [6.07, 6.45) is 3.36. The number of rotatable bonds is 8. The average molecular weight is 262 g/mol. The van der Waals surface area contributed by atoms with E-state index >= 15 is 0 Å². The average Bonchev–Trinajstić information content (AvgIpc) is 2.46. The van der Waals surface area contributed by atoms with E-state index in [-0.39, 0.29) is 5.91 Å². The van der Waals surface area contributed by atoms with Crippen LogP contribution in [0.4, 0.5) is 0 Å². The second-order valence-corrected chi connectivity index (χ2v) is 4.83. The van der Waals surface area contributed by atoms with Crippen molar-refractivity contribution in [1.82, 2.24) is 4.90 Å². The molecule has 3 heteroatoms. The van der Waals surface area contributed by atoms with E-state index in [0.717, 1.165) is 19.3 Å². The Labute approximate surface area is 116 Å². The molecular formula is C16H26N2O. The second-order valence-electron chi connectivity index (χ2n) is 4.83. The lowest BCUT2D eigenvalue weighted by Gasteiger charge is -2.30. The van der Waals surface area contributed by atoms with Crippen molar-refractivity contribution in [2.45, 2.75) is 45.6 Å². The molecule has 1 aromatic carbocycles. The zero-order chi connectivity index (χ0) is 14.1. The maximum absolute atomic E-state index is 12.3. The van der Waals surface area contributed by atoms with Crippen LogP contribution >= 0.6 is 0 Å². The highest BCUT2D eigenvalue weighted by Gasteiger charge is 2.19. The highest BCUT2D eigenvalue weighted by Crippen LogP contribution is 2.12. The first-order valence-electron chi connectivity index (χ1n) is 7.26. The number of nitrogens with two attached hydrogens (primary N) is 1. The Morgan fingerprint density at radius 3 is 2.37 bits per heavy atom. The van der Waals surface area contributed by atoms with E-state index in [1.54, 1.807) is 0 Å². The SMILES string of the molecule is CCC(CC)N(CCN)C(=O)CCc1ccccc1. The monoisotopic (exact) mass is 262 g/mol. The Morgan fingerprint density at radius 2 is 1.84 bits per heavy atom. The molecule has 0 radical (unpaired) electrons. The summed E-state index contributed by atoms with van der Waals surface area (Å²) < 4.78 is 0. The van der Waals surface area contributed by atoms with E-state index in [1.165, 1.54) is 5.56 Å². The molecule has 0 saturated heterocycles. The van der Waals surface area contributed by atoms with Crippen LogP contribution in [0.15, 0.2) is 30.3 Å². The van der Waals surface area contributed by atoms with Gasteiger partial charge in [0.15, 0.2) is 0 Å². The lowest BCUT2D eigenvalue weighted by atomic mass is 10.1. The third-order valence-electron chi connectivity index (χ3n) is 3.54. The topological polar surface area (TPSA) is 46.3 Å². The third kappa shape index (κ3) is 5.03. The maximum atomic E-state index is 12.3. The number of benzene rings is 1. The molecule has 0 spiro atoms. The summed E-state index contributed by atoms with van der Waals surface area (Å²) in [5, 5.41) is 0. The molecule has 19 heavy (non-hydrogen) atoms. The van der Waals surface area contributed by atoms with E-state index in [9.17, 15) is 4.79 Å². The Balaban J connectivity index is 2.57. The van der Waals surface area contributed by atoms with Gasteiger partial charge in [-0.2, -0.15) is 0 Å². The molecule has 1 rings (SSSR count). The molecule has 1 amide bonds. The van der Waals surface area contributed by atoms with Gasteiger partial charge in [0.05, 0.1) is 0 Å². The predicted octanol–water partition coefficient (Wildman–Crippen LogP) is 2.60.